The molecule has 158 valence electrons. The molecule has 0 N–H and O–H groups in total. The van der Waals surface area contributed by atoms with E-state index in [1.807, 2.05) is 6.07 Å². The number of aromatic nitrogens is 2. The Morgan fingerprint density at radius 3 is 2.58 bits per heavy atom. The zero-order chi connectivity index (χ0) is 22.0. The zero-order valence-electron chi connectivity index (χ0n) is 16.6. The van der Waals surface area contributed by atoms with Crippen LogP contribution in [0.1, 0.15) is 16.1 Å². The van der Waals surface area contributed by atoms with Crippen molar-refractivity contribution in [1.29, 1.82) is 0 Å². The van der Waals surface area contributed by atoms with Gasteiger partial charge in [-0.15, -0.1) is 0 Å². The number of methoxy groups -OCH3 is 2. The molecule has 0 unspecified atom stereocenters. The van der Waals surface area contributed by atoms with E-state index >= 15 is 0 Å². The number of nitrogens with zero attached hydrogens (tertiary/aromatic N) is 3. The van der Waals surface area contributed by atoms with Gasteiger partial charge in [0, 0.05) is 6.20 Å². The maximum atomic E-state index is 13.5. The van der Waals surface area contributed by atoms with E-state index in [0.717, 1.165) is 10.8 Å². The Labute approximate surface area is 186 Å². The van der Waals surface area contributed by atoms with Gasteiger partial charge in [-0.3, -0.25) is 14.7 Å². The second-order valence-electron chi connectivity index (χ2n) is 6.48. The number of pyridine rings is 1. The maximum absolute atomic E-state index is 13.5. The molecule has 0 bridgehead atoms. The summed E-state index contributed by atoms with van der Waals surface area (Å²) in [5.74, 6) is 0.230. The first-order chi connectivity index (χ1) is 15.0. The molecular formula is C22H17ClFN3O3S. The Balaban J connectivity index is 1.85. The lowest BCUT2D eigenvalue weighted by Gasteiger charge is -2.20. The predicted molar refractivity (Wildman–Crippen MR) is 119 cm³/mol. The van der Waals surface area contributed by atoms with Gasteiger partial charge in [0.2, 0.25) is 0 Å². The molecule has 9 heteroatoms. The summed E-state index contributed by atoms with van der Waals surface area (Å²) in [5.41, 5.74) is 1.40. The molecule has 2 aromatic carbocycles. The smallest absolute Gasteiger partial charge is 0.261 e. The average molecular weight is 458 g/mol. The number of carbonyl (C=O) groups is 1. The average Bonchev–Trinajstić information content (AvgIpc) is 3.22. The SMILES string of the molecule is COc1ccc(OC)c2sc(N(Cc3ccccn3)C(=O)c3ccc(F)cc3Cl)nc12. The highest BCUT2D eigenvalue weighted by atomic mass is 35.5. The van der Waals surface area contributed by atoms with Crippen molar-refractivity contribution in [2.24, 2.45) is 0 Å². The number of hydrogen-bond acceptors (Lipinski definition) is 6. The van der Waals surface area contributed by atoms with E-state index in [2.05, 4.69) is 9.97 Å². The molecule has 4 rings (SSSR count). The first-order valence-electron chi connectivity index (χ1n) is 9.20. The lowest BCUT2D eigenvalue weighted by Crippen LogP contribution is -2.31. The van der Waals surface area contributed by atoms with Crippen LogP contribution in [-0.2, 0) is 6.54 Å². The molecule has 0 saturated heterocycles. The number of rotatable bonds is 6. The molecule has 2 aromatic heterocycles. The number of amides is 1. The van der Waals surface area contributed by atoms with Gasteiger partial charge in [-0.1, -0.05) is 29.0 Å². The minimum atomic E-state index is -0.521. The van der Waals surface area contributed by atoms with E-state index in [1.54, 1.807) is 44.7 Å². The molecule has 6 nitrogen and oxygen atoms in total. The molecule has 0 aliphatic rings. The quantitative estimate of drug-likeness (QED) is 0.390. The van der Waals surface area contributed by atoms with Crippen molar-refractivity contribution < 1.29 is 18.7 Å². The second-order valence-corrected chi connectivity index (χ2v) is 7.87. The Morgan fingerprint density at radius 1 is 1.13 bits per heavy atom. The largest absolute Gasteiger partial charge is 0.495 e. The van der Waals surface area contributed by atoms with Gasteiger partial charge in [-0.2, -0.15) is 0 Å². The van der Waals surface area contributed by atoms with E-state index < -0.39 is 11.7 Å². The fraction of sp³-hybridized carbons (Fsp3) is 0.136. The third-order valence-corrected chi connectivity index (χ3v) is 5.99. The third kappa shape index (κ3) is 4.17. The van der Waals surface area contributed by atoms with Gasteiger partial charge >= 0.3 is 0 Å². The molecular weight excluding hydrogens is 441 g/mol. The Kier molecular flexibility index (Phi) is 6.01. The molecule has 0 saturated carbocycles. The molecule has 31 heavy (non-hydrogen) atoms. The van der Waals surface area contributed by atoms with Crippen molar-refractivity contribution in [3.8, 4) is 11.5 Å². The van der Waals surface area contributed by atoms with Crippen molar-refractivity contribution in [3.05, 3.63) is 76.8 Å². The summed E-state index contributed by atoms with van der Waals surface area (Å²) >= 11 is 7.45. The van der Waals surface area contributed by atoms with E-state index in [0.29, 0.717) is 27.8 Å². The van der Waals surface area contributed by atoms with Crippen molar-refractivity contribution in [2.75, 3.05) is 19.1 Å². The number of fused-ring (bicyclic) bond motifs is 1. The normalized spacial score (nSPS) is 10.8. The van der Waals surface area contributed by atoms with E-state index in [9.17, 15) is 9.18 Å². The zero-order valence-corrected chi connectivity index (χ0v) is 18.2. The number of halogens is 2. The topological polar surface area (TPSA) is 64.6 Å². The van der Waals surface area contributed by atoms with Gasteiger partial charge in [0.15, 0.2) is 5.13 Å². The van der Waals surface area contributed by atoms with Gasteiger partial charge < -0.3 is 9.47 Å². The Bertz CT molecular complexity index is 1210. The highest BCUT2D eigenvalue weighted by Gasteiger charge is 2.26. The monoisotopic (exact) mass is 457 g/mol. The van der Waals surface area contributed by atoms with Crippen LogP contribution in [0.25, 0.3) is 10.2 Å². The third-order valence-electron chi connectivity index (χ3n) is 4.58. The van der Waals surface area contributed by atoms with E-state index in [1.165, 1.54) is 28.4 Å². The molecule has 0 aliphatic carbocycles. The van der Waals surface area contributed by atoms with Crippen LogP contribution in [0.2, 0.25) is 5.02 Å². The second kappa shape index (κ2) is 8.87. The van der Waals surface area contributed by atoms with Gasteiger partial charge in [0.05, 0.1) is 37.0 Å². The van der Waals surface area contributed by atoms with Gasteiger partial charge in [0.25, 0.3) is 5.91 Å². The van der Waals surface area contributed by atoms with Gasteiger partial charge in [-0.05, 0) is 42.5 Å². The molecule has 0 atom stereocenters. The molecule has 0 spiro atoms. The lowest BCUT2D eigenvalue weighted by molar-refractivity contribution is 0.0985. The minimum Gasteiger partial charge on any atom is -0.495 e. The van der Waals surface area contributed by atoms with Crippen LogP contribution in [0.4, 0.5) is 9.52 Å². The van der Waals surface area contributed by atoms with Crippen LogP contribution in [0.5, 0.6) is 11.5 Å². The fourth-order valence-electron chi connectivity index (χ4n) is 3.08. The number of ether oxygens (including phenoxy) is 2. The van der Waals surface area contributed by atoms with Gasteiger partial charge in [-0.25, -0.2) is 9.37 Å². The minimum absolute atomic E-state index is 0.0206. The van der Waals surface area contributed by atoms with Crippen molar-refractivity contribution in [1.82, 2.24) is 9.97 Å². The Hall–Kier alpha value is -3.23. The summed E-state index contributed by atoms with van der Waals surface area (Å²) in [4.78, 5) is 23.9. The Morgan fingerprint density at radius 2 is 1.90 bits per heavy atom. The van der Waals surface area contributed by atoms with Gasteiger partial charge in [0.1, 0.15) is 27.5 Å². The van der Waals surface area contributed by atoms with E-state index in [4.69, 9.17) is 21.1 Å². The standard InChI is InChI=1S/C22H17ClFN3O3S/c1-29-17-8-9-18(30-2)20-19(17)26-22(31-20)27(12-14-5-3-4-10-25-14)21(28)15-7-6-13(24)11-16(15)23/h3-11H,12H2,1-2H3. The lowest BCUT2D eigenvalue weighted by atomic mass is 10.2. The summed E-state index contributed by atoms with van der Waals surface area (Å²) in [6.07, 6.45) is 1.65. The highest BCUT2D eigenvalue weighted by Crippen LogP contribution is 2.41. The first kappa shape index (κ1) is 21.0. The summed E-state index contributed by atoms with van der Waals surface area (Å²) in [6.45, 7) is 0.151. The fourth-order valence-corrected chi connectivity index (χ4v) is 4.40. The van der Waals surface area contributed by atoms with E-state index in [-0.39, 0.29) is 17.1 Å². The van der Waals surface area contributed by atoms with Crippen LogP contribution in [0, 0.1) is 5.82 Å². The van der Waals surface area contributed by atoms with Crippen LogP contribution < -0.4 is 14.4 Å². The maximum Gasteiger partial charge on any atom is 0.261 e. The molecule has 0 aliphatic heterocycles. The van der Waals surface area contributed by atoms with Crippen LogP contribution in [0.3, 0.4) is 0 Å². The van der Waals surface area contributed by atoms with Crippen LogP contribution in [-0.4, -0.2) is 30.1 Å². The van der Waals surface area contributed by atoms with Crippen LogP contribution in [0.15, 0.2) is 54.7 Å². The summed E-state index contributed by atoms with van der Waals surface area (Å²) in [6, 6.07) is 12.6. The van der Waals surface area contributed by atoms with Crippen molar-refractivity contribution in [3.63, 3.8) is 0 Å². The van der Waals surface area contributed by atoms with Crippen molar-refractivity contribution >= 4 is 44.2 Å². The number of carbonyl (C=O) groups excluding carboxylic acids is 1. The first-order valence-corrected chi connectivity index (χ1v) is 10.4. The number of anilines is 1. The predicted octanol–water partition coefficient (Wildman–Crippen LogP) is 5.35. The summed E-state index contributed by atoms with van der Waals surface area (Å²) in [5, 5.41) is 0.432. The molecule has 2 heterocycles. The number of hydrogen-bond donors (Lipinski definition) is 0. The number of benzene rings is 2. The highest BCUT2D eigenvalue weighted by molar-refractivity contribution is 7.22. The molecule has 1 amide bonds. The number of thiazole rings is 1. The molecule has 4 aromatic rings. The van der Waals surface area contributed by atoms with Crippen LogP contribution >= 0.6 is 22.9 Å². The molecule has 0 fully saturated rings. The summed E-state index contributed by atoms with van der Waals surface area (Å²) < 4.78 is 25.1. The van der Waals surface area contributed by atoms with Crippen molar-refractivity contribution in [2.45, 2.75) is 6.54 Å². The summed E-state index contributed by atoms with van der Waals surface area (Å²) in [7, 11) is 3.12. The molecule has 0 radical (unpaired) electrons.